The molecule has 0 unspecified atom stereocenters. The molecule has 0 radical (unpaired) electrons. The van der Waals surface area contributed by atoms with Crippen molar-refractivity contribution in [2.75, 3.05) is 13.1 Å². The van der Waals surface area contributed by atoms with E-state index in [0.29, 0.717) is 18.8 Å². The van der Waals surface area contributed by atoms with Crippen LogP contribution in [-0.2, 0) is 11.2 Å². The van der Waals surface area contributed by atoms with E-state index in [1.54, 1.807) is 6.20 Å². The van der Waals surface area contributed by atoms with Crippen LogP contribution in [0.1, 0.15) is 12.0 Å². The maximum atomic E-state index is 12.7. The molecule has 4 heteroatoms. The van der Waals surface area contributed by atoms with Gasteiger partial charge in [0.1, 0.15) is 6.10 Å². The number of rotatable bonds is 4. The second-order valence-corrected chi connectivity index (χ2v) is 6.35. The summed E-state index contributed by atoms with van der Waals surface area (Å²) in [6, 6.07) is 19.9. The highest BCUT2D eigenvalue weighted by Gasteiger charge is 2.28. The topological polar surface area (TPSA) is 42.4 Å². The summed E-state index contributed by atoms with van der Waals surface area (Å²) in [5, 5.41) is 2.32. The quantitative estimate of drug-likeness (QED) is 0.735. The van der Waals surface area contributed by atoms with Crippen LogP contribution in [0.25, 0.3) is 10.8 Å². The lowest BCUT2D eigenvalue weighted by molar-refractivity contribution is -0.129. The van der Waals surface area contributed by atoms with Gasteiger partial charge in [-0.25, -0.2) is 4.98 Å². The molecular formula is C21H20N2O2. The van der Waals surface area contributed by atoms with Crippen LogP contribution in [0, 0.1) is 0 Å². The van der Waals surface area contributed by atoms with E-state index in [-0.39, 0.29) is 12.0 Å². The Kier molecular flexibility index (Phi) is 4.34. The fourth-order valence-corrected chi connectivity index (χ4v) is 3.36. The van der Waals surface area contributed by atoms with Gasteiger partial charge in [-0.05, 0) is 22.4 Å². The van der Waals surface area contributed by atoms with E-state index in [2.05, 4.69) is 23.2 Å². The van der Waals surface area contributed by atoms with Crippen molar-refractivity contribution in [2.45, 2.75) is 18.9 Å². The molecule has 1 atom stereocenters. The van der Waals surface area contributed by atoms with E-state index in [1.165, 1.54) is 5.39 Å². The molecule has 1 aliphatic rings. The Morgan fingerprint density at radius 3 is 2.80 bits per heavy atom. The summed E-state index contributed by atoms with van der Waals surface area (Å²) in [6.45, 7) is 1.36. The van der Waals surface area contributed by atoms with Gasteiger partial charge in [-0.2, -0.15) is 0 Å². The SMILES string of the molecule is O=C(Cc1cccc2ccccc12)N1CC[C@@H](Oc2ccccn2)C1. The number of hydrogen-bond acceptors (Lipinski definition) is 3. The Labute approximate surface area is 147 Å². The number of carbonyl (C=O) groups excluding carboxylic acids is 1. The number of amides is 1. The second-order valence-electron chi connectivity index (χ2n) is 6.35. The molecule has 4 nitrogen and oxygen atoms in total. The van der Waals surface area contributed by atoms with E-state index < -0.39 is 0 Å². The molecule has 2 heterocycles. The number of ether oxygens (including phenoxy) is 1. The van der Waals surface area contributed by atoms with Gasteiger partial charge in [-0.1, -0.05) is 48.5 Å². The van der Waals surface area contributed by atoms with Gasteiger partial charge >= 0.3 is 0 Å². The van der Waals surface area contributed by atoms with E-state index in [4.69, 9.17) is 4.74 Å². The molecule has 25 heavy (non-hydrogen) atoms. The number of hydrogen-bond donors (Lipinski definition) is 0. The van der Waals surface area contributed by atoms with Crippen molar-refractivity contribution in [1.82, 2.24) is 9.88 Å². The highest BCUT2D eigenvalue weighted by molar-refractivity contribution is 5.90. The molecule has 1 saturated heterocycles. The van der Waals surface area contributed by atoms with Crippen molar-refractivity contribution < 1.29 is 9.53 Å². The number of benzene rings is 2. The predicted octanol–water partition coefficient (Wildman–Crippen LogP) is 3.46. The summed E-state index contributed by atoms with van der Waals surface area (Å²) in [5.41, 5.74) is 1.08. The van der Waals surface area contributed by atoms with Gasteiger partial charge in [0.25, 0.3) is 0 Å². The molecule has 0 N–H and O–H groups in total. The average molecular weight is 332 g/mol. The molecule has 3 aromatic rings. The zero-order valence-electron chi connectivity index (χ0n) is 14.0. The van der Waals surface area contributed by atoms with E-state index >= 15 is 0 Å². The van der Waals surface area contributed by atoms with Gasteiger partial charge in [0.05, 0.1) is 13.0 Å². The standard InChI is InChI=1S/C21H20N2O2/c24-21(14-17-8-5-7-16-6-1-2-9-19(16)17)23-13-11-18(15-23)25-20-10-3-4-12-22-20/h1-10,12,18H,11,13-15H2/t18-/m1/s1. The van der Waals surface area contributed by atoms with Gasteiger partial charge in [0.15, 0.2) is 0 Å². The molecule has 0 aliphatic carbocycles. The van der Waals surface area contributed by atoms with Crippen LogP contribution in [0.3, 0.4) is 0 Å². The fourth-order valence-electron chi connectivity index (χ4n) is 3.36. The van der Waals surface area contributed by atoms with Crippen molar-refractivity contribution in [3.63, 3.8) is 0 Å². The zero-order valence-corrected chi connectivity index (χ0v) is 14.0. The summed E-state index contributed by atoms with van der Waals surface area (Å²) < 4.78 is 5.87. The Morgan fingerprint density at radius 1 is 1.08 bits per heavy atom. The first-order valence-corrected chi connectivity index (χ1v) is 8.62. The number of nitrogens with zero attached hydrogens (tertiary/aromatic N) is 2. The molecule has 2 aromatic carbocycles. The fraction of sp³-hybridized carbons (Fsp3) is 0.238. The molecule has 1 amide bonds. The van der Waals surface area contributed by atoms with E-state index in [9.17, 15) is 4.79 Å². The van der Waals surface area contributed by atoms with Crippen molar-refractivity contribution in [3.8, 4) is 5.88 Å². The first kappa shape index (κ1) is 15.6. The third-order valence-corrected chi connectivity index (χ3v) is 4.64. The summed E-state index contributed by atoms with van der Waals surface area (Å²) in [4.78, 5) is 18.8. The van der Waals surface area contributed by atoms with Gasteiger partial charge in [-0.3, -0.25) is 4.79 Å². The number of aromatic nitrogens is 1. The molecule has 1 fully saturated rings. The number of fused-ring (bicyclic) bond motifs is 1. The molecule has 1 aliphatic heterocycles. The van der Waals surface area contributed by atoms with Crippen LogP contribution < -0.4 is 4.74 Å². The lowest BCUT2D eigenvalue weighted by Crippen LogP contribution is -2.32. The van der Waals surface area contributed by atoms with Crippen molar-refractivity contribution in [3.05, 3.63) is 72.4 Å². The third kappa shape index (κ3) is 3.48. The molecule has 1 aromatic heterocycles. The summed E-state index contributed by atoms with van der Waals surface area (Å²) in [6.07, 6.45) is 3.01. The summed E-state index contributed by atoms with van der Waals surface area (Å²) in [7, 11) is 0. The Hall–Kier alpha value is -2.88. The molecule has 0 bridgehead atoms. The molecule has 4 rings (SSSR count). The Morgan fingerprint density at radius 2 is 1.92 bits per heavy atom. The number of likely N-dealkylation sites (tertiary alicyclic amines) is 1. The largest absolute Gasteiger partial charge is 0.472 e. The third-order valence-electron chi connectivity index (χ3n) is 4.64. The van der Waals surface area contributed by atoms with Crippen molar-refractivity contribution >= 4 is 16.7 Å². The minimum absolute atomic E-state index is 0.0198. The second kappa shape index (κ2) is 6.93. The van der Waals surface area contributed by atoms with Crippen LogP contribution in [0.2, 0.25) is 0 Å². The van der Waals surface area contributed by atoms with Crippen LogP contribution in [0.15, 0.2) is 66.9 Å². The van der Waals surface area contributed by atoms with Crippen molar-refractivity contribution in [2.24, 2.45) is 0 Å². The highest BCUT2D eigenvalue weighted by Crippen LogP contribution is 2.21. The van der Waals surface area contributed by atoms with Gasteiger partial charge in [0.2, 0.25) is 11.8 Å². The van der Waals surface area contributed by atoms with Crippen LogP contribution in [-0.4, -0.2) is 35.0 Å². The molecule has 0 spiro atoms. The average Bonchev–Trinajstić information content (AvgIpc) is 3.11. The van der Waals surface area contributed by atoms with Crippen LogP contribution >= 0.6 is 0 Å². The summed E-state index contributed by atoms with van der Waals surface area (Å²) in [5.74, 6) is 0.777. The first-order chi connectivity index (χ1) is 12.3. The number of carbonyl (C=O) groups is 1. The van der Waals surface area contributed by atoms with Gasteiger partial charge in [0, 0.05) is 25.2 Å². The maximum absolute atomic E-state index is 12.7. The summed E-state index contributed by atoms with van der Waals surface area (Å²) >= 11 is 0. The lowest BCUT2D eigenvalue weighted by atomic mass is 10.0. The van der Waals surface area contributed by atoms with Crippen LogP contribution in [0.4, 0.5) is 0 Å². The van der Waals surface area contributed by atoms with Crippen LogP contribution in [0.5, 0.6) is 5.88 Å². The molecular weight excluding hydrogens is 312 g/mol. The monoisotopic (exact) mass is 332 g/mol. The molecule has 126 valence electrons. The minimum atomic E-state index is 0.0198. The maximum Gasteiger partial charge on any atom is 0.227 e. The predicted molar refractivity (Wildman–Crippen MR) is 97.5 cm³/mol. The zero-order chi connectivity index (χ0) is 17.1. The van der Waals surface area contributed by atoms with Gasteiger partial charge in [-0.15, -0.1) is 0 Å². The first-order valence-electron chi connectivity index (χ1n) is 8.62. The normalized spacial score (nSPS) is 17.0. The van der Waals surface area contributed by atoms with Gasteiger partial charge < -0.3 is 9.64 Å². The Balaban J connectivity index is 1.42. The minimum Gasteiger partial charge on any atom is -0.472 e. The Bertz CT molecular complexity index is 874. The van der Waals surface area contributed by atoms with Crippen molar-refractivity contribution in [1.29, 1.82) is 0 Å². The van der Waals surface area contributed by atoms with E-state index in [1.807, 2.05) is 47.4 Å². The number of pyridine rings is 1. The molecule has 0 saturated carbocycles. The highest BCUT2D eigenvalue weighted by atomic mass is 16.5. The smallest absolute Gasteiger partial charge is 0.227 e. The van der Waals surface area contributed by atoms with E-state index in [0.717, 1.165) is 23.9 Å². The lowest BCUT2D eigenvalue weighted by Gasteiger charge is -2.17.